The van der Waals surface area contributed by atoms with Crippen LogP contribution in [0.5, 0.6) is 11.5 Å². The Kier molecular flexibility index (Phi) is 5.46. The molecule has 3 rings (SSSR count). The highest BCUT2D eigenvalue weighted by molar-refractivity contribution is 5.93. The van der Waals surface area contributed by atoms with Crippen molar-refractivity contribution in [2.45, 2.75) is 13.8 Å². The van der Waals surface area contributed by atoms with Crippen LogP contribution in [0.25, 0.3) is 10.9 Å². The lowest BCUT2D eigenvalue weighted by Gasteiger charge is -2.14. The molecule has 3 aromatic rings. The minimum absolute atomic E-state index is 0. The van der Waals surface area contributed by atoms with Crippen LogP contribution in [0, 0.1) is 13.8 Å². The van der Waals surface area contributed by atoms with E-state index in [9.17, 15) is 0 Å². The second-order valence-electron chi connectivity index (χ2n) is 5.34. The van der Waals surface area contributed by atoms with Gasteiger partial charge in [0, 0.05) is 17.1 Å². The molecule has 1 heterocycles. The Balaban J connectivity index is 0.00000208. The number of aromatic nitrogens is 2. The summed E-state index contributed by atoms with van der Waals surface area (Å²) in [5, 5.41) is 4.31. The van der Waals surface area contributed by atoms with Crippen LogP contribution >= 0.6 is 12.4 Å². The Bertz CT molecular complexity index is 848. The molecular weight excluding hydrogens is 326 g/mol. The van der Waals surface area contributed by atoms with E-state index in [0.29, 0.717) is 11.5 Å². The minimum atomic E-state index is 0. The van der Waals surface area contributed by atoms with E-state index in [1.807, 2.05) is 18.2 Å². The largest absolute Gasteiger partial charge is 0.493 e. The molecule has 5 nitrogen and oxygen atoms in total. The van der Waals surface area contributed by atoms with Gasteiger partial charge in [-0.1, -0.05) is 18.2 Å². The first kappa shape index (κ1) is 17.8. The summed E-state index contributed by atoms with van der Waals surface area (Å²) in [4.78, 5) is 8.72. The number of halogens is 1. The number of hydrogen-bond acceptors (Lipinski definition) is 5. The van der Waals surface area contributed by atoms with Gasteiger partial charge in [-0.2, -0.15) is 0 Å². The van der Waals surface area contributed by atoms with Gasteiger partial charge in [-0.15, -0.1) is 12.4 Å². The van der Waals surface area contributed by atoms with Gasteiger partial charge < -0.3 is 14.8 Å². The maximum absolute atomic E-state index is 5.39. The van der Waals surface area contributed by atoms with Gasteiger partial charge in [0.1, 0.15) is 12.1 Å². The Morgan fingerprint density at radius 1 is 0.917 bits per heavy atom. The molecule has 0 aliphatic carbocycles. The zero-order valence-electron chi connectivity index (χ0n) is 14.1. The first-order valence-corrected chi connectivity index (χ1v) is 7.34. The van der Waals surface area contributed by atoms with E-state index in [2.05, 4.69) is 41.3 Å². The molecule has 0 spiro atoms. The Hall–Kier alpha value is -2.53. The average Bonchev–Trinajstić information content (AvgIpc) is 2.57. The third kappa shape index (κ3) is 3.21. The maximum atomic E-state index is 5.39. The SMILES string of the molecule is COc1cc2ncnc(Nc3c(C)cccc3C)c2cc1OC.Cl. The topological polar surface area (TPSA) is 56.3 Å². The predicted octanol–water partition coefficient (Wildman–Crippen LogP) is 4.43. The number of benzene rings is 2. The van der Waals surface area contributed by atoms with E-state index >= 15 is 0 Å². The quantitative estimate of drug-likeness (QED) is 0.758. The van der Waals surface area contributed by atoms with Crippen LogP contribution in [0.4, 0.5) is 11.5 Å². The minimum Gasteiger partial charge on any atom is -0.493 e. The van der Waals surface area contributed by atoms with Crippen LogP contribution in [0.3, 0.4) is 0 Å². The van der Waals surface area contributed by atoms with Crippen LogP contribution in [0.1, 0.15) is 11.1 Å². The third-order valence-electron chi connectivity index (χ3n) is 3.87. The Morgan fingerprint density at radius 2 is 1.54 bits per heavy atom. The molecule has 1 aromatic heterocycles. The number of ether oxygens (including phenoxy) is 2. The van der Waals surface area contributed by atoms with E-state index in [1.54, 1.807) is 20.5 Å². The monoisotopic (exact) mass is 345 g/mol. The summed E-state index contributed by atoms with van der Waals surface area (Å²) in [5.74, 6) is 2.05. The number of anilines is 2. The van der Waals surface area contributed by atoms with E-state index in [-0.39, 0.29) is 12.4 Å². The summed E-state index contributed by atoms with van der Waals surface area (Å²) in [6, 6.07) is 9.93. The summed E-state index contributed by atoms with van der Waals surface area (Å²) >= 11 is 0. The number of rotatable bonds is 4. The standard InChI is InChI=1S/C18H19N3O2.ClH/c1-11-6-5-7-12(2)17(11)21-18-13-8-15(22-3)16(23-4)9-14(13)19-10-20-18;/h5-10H,1-4H3,(H,19,20,21);1H. The van der Waals surface area contributed by atoms with Gasteiger partial charge in [0.15, 0.2) is 11.5 Å². The zero-order valence-corrected chi connectivity index (χ0v) is 14.9. The molecule has 1 N–H and O–H groups in total. The highest BCUT2D eigenvalue weighted by atomic mass is 35.5. The molecule has 0 aliphatic heterocycles. The molecule has 6 heteroatoms. The molecule has 0 saturated carbocycles. The Labute approximate surface area is 147 Å². The molecule has 0 aliphatic rings. The highest BCUT2D eigenvalue weighted by Gasteiger charge is 2.12. The van der Waals surface area contributed by atoms with E-state index in [4.69, 9.17) is 9.47 Å². The van der Waals surface area contributed by atoms with Gasteiger partial charge in [-0.05, 0) is 31.0 Å². The predicted molar refractivity (Wildman–Crippen MR) is 99.1 cm³/mol. The first-order chi connectivity index (χ1) is 11.1. The van der Waals surface area contributed by atoms with Crippen molar-refractivity contribution in [3.8, 4) is 11.5 Å². The first-order valence-electron chi connectivity index (χ1n) is 7.34. The molecule has 2 aromatic carbocycles. The maximum Gasteiger partial charge on any atom is 0.162 e. The normalized spacial score (nSPS) is 10.2. The van der Waals surface area contributed by atoms with Crippen molar-refractivity contribution in [2.24, 2.45) is 0 Å². The summed E-state index contributed by atoms with van der Waals surface area (Å²) in [6.45, 7) is 4.14. The van der Waals surface area contributed by atoms with Crippen molar-refractivity contribution in [3.63, 3.8) is 0 Å². The van der Waals surface area contributed by atoms with Gasteiger partial charge in [0.05, 0.1) is 19.7 Å². The molecule has 0 amide bonds. The smallest absolute Gasteiger partial charge is 0.162 e. The number of nitrogens with zero attached hydrogens (tertiary/aromatic N) is 2. The van der Waals surface area contributed by atoms with Crippen molar-refractivity contribution < 1.29 is 9.47 Å². The van der Waals surface area contributed by atoms with Crippen molar-refractivity contribution in [2.75, 3.05) is 19.5 Å². The molecular formula is C18H20ClN3O2. The van der Waals surface area contributed by atoms with Crippen molar-refractivity contribution in [1.82, 2.24) is 9.97 Å². The third-order valence-corrected chi connectivity index (χ3v) is 3.87. The summed E-state index contributed by atoms with van der Waals surface area (Å²) in [5.41, 5.74) is 4.18. The second-order valence-corrected chi connectivity index (χ2v) is 5.34. The highest BCUT2D eigenvalue weighted by Crippen LogP contribution is 2.35. The number of nitrogens with one attached hydrogen (secondary N) is 1. The second kappa shape index (κ2) is 7.36. The molecule has 0 fully saturated rings. The van der Waals surface area contributed by atoms with Gasteiger partial charge in [0.25, 0.3) is 0 Å². The van der Waals surface area contributed by atoms with Crippen molar-refractivity contribution >= 4 is 34.8 Å². The van der Waals surface area contributed by atoms with Crippen molar-refractivity contribution in [1.29, 1.82) is 0 Å². The van der Waals surface area contributed by atoms with E-state index in [1.165, 1.54) is 0 Å². The molecule has 0 unspecified atom stereocenters. The van der Waals surface area contributed by atoms with Gasteiger partial charge in [-0.25, -0.2) is 9.97 Å². The molecule has 126 valence electrons. The average molecular weight is 346 g/mol. The number of hydrogen-bond donors (Lipinski definition) is 1. The number of fused-ring (bicyclic) bond motifs is 1. The van der Waals surface area contributed by atoms with Crippen LogP contribution in [-0.2, 0) is 0 Å². The Morgan fingerprint density at radius 3 is 2.17 bits per heavy atom. The lowest BCUT2D eigenvalue weighted by atomic mass is 10.1. The summed E-state index contributed by atoms with van der Waals surface area (Å²) in [7, 11) is 3.23. The van der Waals surface area contributed by atoms with Gasteiger partial charge >= 0.3 is 0 Å². The van der Waals surface area contributed by atoms with Gasteiger partial charge in [-0.3, -0.25) is 0 Å². The van der Waals surface area contributed by atoms with Crippen LogP contribution < -0.4 is 14.8 Å². The molecule has 0 bridgehead atoms. The lowest BCUT2D eigenvalue weighted by Crippen LogP contribution is -2.00. The molecule has 24 heavy (non-hydrogen) atoms. The number of methoxy groups -OCH3 is 2. The van der Waals surface area contributed by atoms with Crippen LogP contribution in [0.15, 0.2) is 36.7 Å². The summed E-state index contributed by atoms with van der Waals surface area (Å²) < 4.78 is 10.7. The van der Waals surface area contributed by atoms with Crippen LogP contribution in [0.2, 0.25) is 0 Å². The molecule has 0 saturated heterocycles. The molecule has 0 atom stereocenters. The molecule has 0 radical (unpaired) electrons. The fourth-order valence-corrected chi connectivity index (χ4v) is 2.61. The van der Waals surface area contributed by atoms with Gasteiger partial charge in [0.2, 0.25) is 0 Å². The zero-order chi connectivity index (χ0) is 16.4. The summed E-state index contributed by atoms with van der Waals surface area (Å²) in [6.07, 6.45) is 1.55. The lowest BCUT2D eigenvalue weighted by molar-refractivity contribution is 0.356. The number of para-hydroxylation sites is 1. The fraction of sp³-hybridized carbons (Fsp3) is 0.222. The van der Waals surface area contributed by atoms with Crippen LogP contribution in [-0.4, -0.2) is 24.2 Å². The van der Waals surface area contributed by atoms with E-state index in [0.717, 1.165) is 33.5 Å². The van der Waals surface area contributed by atoms with E-state index < -0.39 is 0 Å². The number of aryl methyl sites for hydroxylation is 2. The fourth-order valence-electron chi connectivity index (χ4n) is 2.61. The van der Waals surface area contributed by atoms with Crippen molar-refractivity contribution in [3.05, 3.63) is 47.8 Å².